The van der Waals surface area contributed by atoms with E-state index in [1.807, 2.05) is 0 Å². The van der Waals surface area contributed by atoms with E-state index in [4.69, 9.17) is 0 Å². The first-order chi connectivity index (χ1) is 9.02. The Balaban J connectivity index is 2.55. The second kappa shape index (κ2) is 6.11. The summed E-state index contributed by atoms with van der Waals surface area (Å²) in [5, 5.41) is 3.01. The molecule has 2 aromatic rings. The predicted molar refractivity (Wildman–Crippen MR) is 79.1 cm³/mol. The molecule has 0 fully saturated rings. The Labute approximate surface area is 127 Å². The third-order valence-corrected chi connectivity index (χ3v) is 4.04. The zero-order chi connectivity index (χ0) is 14.0. The highest BCUT2D eigenvalue weighted by Crippen LogP contribution is 2.31. The topological polar surface area (TPSA) is 12.0 Å². The number of nitrogens with one attached hydrogen (secondary N) is 1. The molecule has 0 bridgehead atoms. The zero-order valence-electron chi connectivity index (χ0n) is 10.1. The molecule has 2 rings (SSSR count). The highest BCUT2D eigenvalue weighted by Gasteiger charge is 2.19. The monoisotopic (exact) mass is 389 g/mol. The van der Waals surface area contributed by atoms with Gasteiger partial charge in [0.2, 0.25) is 0 Å². The van der Waals surface area contributed by atoms with Crippen molar-refractivity contribution >= 4 is 31.9 Å². The Morgan fingerprint density at radius 3 is 2.42 bits per heavy atom. The molecule has 1 N–H and O–H groups in total. The van der Waals surface area contributed by atoms with Crippen molar-refractivity contribution in [2.24, 2.45) is 0 Å². The highest BCUT2D eigenvalue weighted by molar-refractivity contribution is 9.10. The van der Waals surface area contributed by atoms with Crippen LogP contribution in [0.5, 0.6) is 0 Å². The molecule has 1 unspecified atom stereocenters. The summed E-state index contributed by atoms with van der Waals surface area (Å²) in [5.41, 5.74) is 1.11. The molecule has 0 spiro atoms. The maximum Gasteiger partial charge on any atom is 0.128 e. The highest BCUT2D eigenvalue weighted by atomic mass is 79.9. The molecule has 0 saturated heterocycles. The van der Waals surface area contributed by atoms with Crippen molar-refractivity contribution < 1.29 is 8.78 Å². The first-order valence-electron chi connectivity index (χ1n) is 5.60. The Hall–Kier alpha value is -0.780. The van der Waals surface area contributed by atoms with Crippen molar-refractivity contribution in [3.05, 3.63) is 68.1 Å². The normalized spacial score (nSPS) is 12.5. The van der Waals surface area contributed by atoms with Gasteiger partial charge in [0.1, 0.15) is 11.6 Å². The molecule has 0 aromatic heterocycles. The predicted octanol–water partition coefficient (Wildman–Crippen LogP) is 4.80. The van der Waals surface area contributed by atoms with E-state index in [1.54, 1.807) is 25.2 Å². The number of hydrogen-bond donors (Lipinski definition) is 1. The lowest BCUT2D eigenvalue weighted by molar-refractivity contribution is 0.570. The summed E-state index contributed by atoms with van der Waals surface area (Å²) < 4.78 is 28.8. The van der Waals surface area contributed by atoms with E-state index in [2.05, 4.69) is 37.2 Å². The van der Waals surface area contributed by atoms with Gasteiger partial charge < -0.3 is 5.32 Å². The summed E-state index contributed by atoms with van der Waals surface area (Å²) in [6.45, 7) is 0. The lowest BCUT2D eigenvalue weighted by Gasteiger charge is -2.19. The third kappa shape index (κ3) is 3.22. The Kier molecular flexibility index (Phi) is 4.71. The largest absolute Gasteiger partial charge is 0.309 e. The van der Waals surface area contributed by atoms with Crippen LogP contribution in [0.2, 0.25) is 0 Å². The van der Waals surface area contributed by atoms with Crippen LogP contribution in [0.1, 0.15) is 17.2 Å². The molecule has 1 atom stereocenters. The molecule has 19 heavy (non-hydrogen) atoms. The second-order valence-corrected chi connectivity index (χ2v) is 5.82. The van der Waals surface area contributed by atoms with Crippen LogP contribution in [0.3, 0.4) is 0 Å². The number of rotatable bonds is 3. The minimum atomic E-state index is -0.428. The molecule has 0 saturated carbocycles. The van der Waals surface area contributed by atoms with Crippen molar-refractivity contribution in [1.29, 1.82) is 0 Å². The fourth-order valence-electron chi connectivity index (χ4n) is 1.95. The quantitative estimate of drug-likeness (QED) is 0.793. The Bertz CT molecular complexity index is 550. The molecule has 0 radical (unpaired) electrons. The summed E-state index contributed by atoms with van der Waals surface area (Å²) in [6.07, 6.45) is 0. The number of hydrogen-bond acceptors (Lipinski definition) is 1. The fraction of sp³-hybridized carbons (Fsp3) is 0.143. The summed E-state index contributed by atoms with van der Waals surface area (Å²) in [7, 11) is 1.71. The van der Waals surface area contributed by atoms with Crippen LogP contribution < -0.4 is 5.32 Å². The molecule has 100 valence electrons. The minimum Gasteiger partial charge on any atom is -0.309 e. The summed E-state index contributed by atoms with van der Waals surface area (Å²) >= 11 is 6.69. The summed E-state index contributed by atoms with van der Waals surface area (Å²) in [5.74, 6) is -0.687. The van der Waals surface area contributed by atoms with Gasteiger partial charge in [0.25, 0.3) is 0 Å². The molecule has 0 amide bonds. The first-order valence-corrected chi connectivity index (χ1v) is 7.18. The van der Waals surface area contributed by atoms with Crippen molar-refractivity contribution in [2.45, 2.75) is 6.04 Å². The zero-order valence-corrected chi connectivity index (χ0v) is 13.2. The van der Waals surface area contributed by atoms with Gasteiger partial charge in [-0.05, 0) is 49.0 Å². The van der Waals surface area contributed by atoms with Gasteiger partial charge >= 0.3 is 0 Å². The smallest absolute Gasteiger partial charge is 0.128 e. The average Bonchev–Trinajstić information content (AvgIpc) is 2.38. The molecule has 0 aliphatic heterocycles. The second-order valence-electron chi connectivity index (χ2n) is 4.05. The van der Waals surface area contributed by atoms with Crippen molar-refractivity contribution in [3.8, 4) is 0 Å². The molecule has 1 nitrogen and oxygen atoms in total. The van der Waals surface area contributed by atoms with Gasteiger partial charge in [0, 0.05) is 14.5 Å². The van der Waals surface area contributed by atoms with E-state index in [1.165, 1.54) is 18.2 Å². The van der Waals surface area contributed by atoms with E-state index in [0.29, 0.717) is 11.1 Å². The summed E-state index contributed by atoms with van der Waals surface area (Å²) in [6, 6.07) is 8.65. The van der Waals surface area contributed by atoms with E-state index in [0.717, 1.165) is 8.95 Å². The van der Waals surface area contributed by atoms with Gasteiger partial charge in [-0.25, -0.2) is 8.78 Å². The third-order valence-electron chi connectivity index (χ3n) is 2.83. The molecular formula is C14H11Br2F2N. The number of halogens is 4. The van der Waals surface area contributed by atoms with Crippen LogP contribution in [0.25, 0.3) is 0 Å². The molecule has 0 heterocycles. The molecule has 5 heteroatoms. The molecular weight excluding hydrogens is 380 g/mol. The SMILES string of the molecule is CNC(c1cc(Br)ccc1F)c1cc(F)ccc1Br. The van der Waals surface area contributed by atoms with Gasteiger partial charge in [-0.3, -0.25) is 0 Å². The standard InChI is InChI=1S/C14H11Br2F2N/c1-19-14(10-7-9(17)3-4-12(10)16)11-6-8(15)2-5-13(11)18/h2-7,14,19H,1H3. The molecule has 2 aromatic carbocycles. The first kappa shape index (κ1) is 14.6. The van der Waals surface area contributed by atoms with E-state index in [-0.39, 0.29) is 11.6 Å². The maximum atomic E-state index is 14.0. The van der Waals surface area contributed by atoms with Crippen LogP contribution >= 0.6 is 31.9 Å². The van der Waals surface area contributed by atoms with Gasteiger partial charge in [0.15, 0.2) is 0 Å². The lowest BCUT2D eigenvalue weighted by Crippen LogP contribution is -2.19. The summed E-state index contributed by atoms with van der Waals surface area (Å²) in [4.78, 5) is 0. The number of benzene rings is 2. The van der Waals surface area contributed by atoms with Gasteiger partial charge in [0.05, 0.1) is 6.04 Å². The molecule has 0 aliphatic rings. The van der Waals surface area contributed by atoms with E-state index >= 15 is 0 Å². The van der Waals surface area contributed by atoms with Gasteiger partial charge in [-0.2, -0.15) is 0 Å². The van der Waals surface area contributed by atoms with Crippen molar-refractivity contribution in [2.75, 3.05) is 7.05 Å². The van der Waals surface area contributed by atoms with Crippen molar-refractivity contribution in [3.63, 3.8) is 0 Å². The maximum absolute atomic E-state index is 14.0. The van der Waals surface area contributed by atoms with Crippen LogP contribution in [-0.2, 0) is 0 Å². The minimum absolute atomic E-state index is 0.335. The average molecular weight is 391 g/mol. The van der Waals surface area contributed by atoms with Crippen LogP contribution in [0.15, 0.2) is 45.3 Å². The fourth-order valence-corrected chi connectivity index (χ4v) is 2.80. The lowest BCUT2D eigenvalue weighted by atomic mass is 9.98. The van der Waals surface area contributed by atoms with Gasteiger partial charge in [-0.15, -0.1) is 0 Å². The van der Waals surface area contributed by atoms with Crippen molar-refractivity contribution in [1.82, 2.24) is 5.32 Å². The van der Waals surface area contributed by atoms with Crippen LogP contribution in [0, 0.1) is 11.6 Å². The Morgan fingerprint density at radius 2 is 1.74 bits per heavy atom. The van der Waals surface area contributed by atoms with Crippen LogP contribution in [-0.4, -0.2) is 7.05 Å². The van der Waals surface area contributed by atoms with E-state index < -0.39 is 6.04 Å². The Morgan fingerprint density at radius 1 is 1.00 bits per heavy atom. The van der Waals surface area contributed by atoms with Gasteiger partial charge in [-0.1, -0.05) is 31.9 Å². The van der Waals surface area contributed by atoms with Crippen LogP contribution in [0.4, 0.5) is 8.78 Å². The van der Waals surface area contributed by atoms with E-state index in [9.17, 15) is 8.78 Å². The molecule has 0 aliphatic carbocycles.